The Morgan fingerprint density at radius 1 is 0.939 bits per heavy atom. The molecule has 3 heterocycles. The Balaban J connectivity index is 1.21. The van der Waals surface area contributed by atoms with Crippen molar-refractivity contribution in [3.63, 3.8) is 0 Å². The highest BCUT2D eigenvalue weighted by Gasteiger charge is 2.27. The number of thiophene rings is 1. The largest absolute Gasteiger partial charge is 0.450 e. The molecule has 0 radical (unpaired) electrons. The van der Waals surface area contributed by atoms with Gasteiger partial charge in [-0.15, -0.1) is 11.3 Å². The minimum Gasteiger partial charge on any atom is -0.450 e. The van der Waals surface area contributed by atoms with Crippen molar-refractivity contribution in [1.29, 1.82) is 0 Å². The molecule has 1 fully saturated rings. The molecule has 8 heteroatoms. The third kappa shape index (κ3) is 3.98. The van der Waals surface area contributed by atoms with Gasteiger partial charge in [0, 0.05) is 42.5 Å². The van der Waals surface area contributed by atoms with Gasteiger partial charge in [-0.1, -0.05) is 42.5 Å². The number of ether oxygens (including phenoxy) is 1. The van der Waals surface area contributed by atoms with Gasteiger partial charge >= 0.3 is 5.97 Å². The van der Waals surface area contributed by atoms with E-state index < -0.39 is 5.97 Å². The quantitative estimate of drug-likeness (QED) is 0.427. The topological polar surface area (TPSA) is 80.1 Å². The first-order valence-corrected chi connectivity index (χ1v) is 11.6. The zero-order valence-electron chi connectivity index (χ0n) is 18.1. The molecule has 4 aromatic rings. The summed E-state index contributed by atoms with van der Waals surface area (Å²) in [6, 6.07) is 15.4. The number of fused-ring (bicyclic) bond motifs is 3. The van der Waals surface area contributed by atoms with Gasteiger partial charge in [-0.3, -0.25) is 9.59 Å². The van der Waals surface area contributed by atoms with E-state index in [1.807, 2.05) is 54.8 Å². The van der Waals surface area contributed by atoms with Crippen LogP contribution < -0.4 is 0 Å². The summed E-state index contributed by atoms with van der Waals surface area (Å²) in [5.74, 6) is -0.852. The fourth-order valence-corrected chi connectivity index (χ4v) is 4.83. The molecule has 33 heavy (non-hydrogen) atoms. The van der Waals surface area contributed by atoms with Crippen LogP contribution in [-0.4, -0.2) is 60.4 Å². The van der Waals surface area contributed by atoms with Crippen molar-refractivity contribution in [2.75, 3.05) is 32.8 Å². The third-order valence-electron chi connectivity index (χ3n) is 5.99. The molecule has 2 aromatic carbocycles. The number of aryl methyl sites for hydroxylation is 1. The lowest BCUT2D eigenvalue weighted by molar-refractivity contribution is -0.136. The van der Waals surface area contributed by atoms with Crippen molar-refractivity contribution in [1.82, 2.24) is 9.80 Å². The number of amides is 2. The standard InChI is InChI=1S/C25H22N2O5S/c1-16-18-9-8-17-5-2-3-6-19(17)23(18)32-22(16)25(30)31-15-21(28)26-10-12-27(13-11-26)24(29)20-7-4-14-33-20/h2-9,14H,10-13,15H2,1H3. The molecule has 1 aliphatic heterocycles. The lowest BCUT2D eigenvalue weighted by Gasteiger charge is -2.34. The highest BCUT2D eigenvalue weighted by molar-refractivity contribution is 7.12. The highest BCUT2D eigenvalue weighted by Crippen LogP contribution is 2.32. The summed E-state index contributed by atoms with van der Waals surface area (Å²) in [7, 11) is 0. The van der Waals surface area contributed by atoms with E-state index in [0.29, 0.717) is 42.2 Å². The van der Waals surface area contributed by atoms with E-state index in [-0.39, 0.29) is 24.2 Å². The zero-order valence-corrected chi connectivity index (χ0v) is 18.9. The summed E-state index contributed by atoms with van der Waals surface area (Å²) in [4.78, 5) is 41.8. The van der Waals surface area contributed by atoms with Crippen molar-refractivity contribution in [3.05, 3.63) is 70.1 Å². The molecular formula is C25H22N2O5S. The lowest BCUT2D eigenvalue weighted by Crippen LogP contribution is -2.51. The van der Waals surface area contributed by atoms with Gasteiger partial charge in [0.15, 0.2) is 6.61 Å². The van der Waals surface area contributed by atoms with Gasteiger partial charge in [0.25, 0.3) is 11.8 Å². The van der Waals surface area contributed by atoms with Crippen molar-refractivity contribution < 1.29 is 23.5 Å². The van der Waals surface area contributed by atoms with E-state index >= 15 is 0 Å². The second-order valence-electron chi connectivity index (χ2n) is 7.95. The zero-order chi connectivity index (χ0) is 22.9. The molecule has 0 unspecified atom stereocenters. The van der Waals surface area contributed by atoms with Crippen LogP contribution in [0.15, 0.2) is 58.3 Å². The Kier molecular flexibility index (Phi) is 5.60. The summed E-state index contributed by atoms with van der Waals surface area (Å²) in [6.07, 6.45) is 0. The maximum Gasteiger partial charge on any atom is 0.375 e. The number of nitrogens with zero attached hydrogens (tertiary/aromatic N) is 2. The fraction of sp³-hybridized carbons (Fsp3) is 0.240. The van der Waals surface area contributed by atoms with Crippen LogP contribution in [0, 0.1) is 6.92 Å². The van der Waals surface area contributed by atoms with Gasteiger partial charge in [0.2, 0.25) is 5.76 Å². The van der Waals surface area contributed by atoms with Crippen LogP contribution in [0.1, 0.15) is 25.8 Å². The molecule has 0 atom stereocenters. The summed E-state index contributed by atoms with van der Waals surface area (Å²) < 4.78 is 11.2. The van der Waals surface area contributed by atoms with Crippen molar-refractivity contribution in [2.45, 2.75) is 6.92 Å². The molecule has 168 valence electrons. The van der Waals surface area contributed by atoms with Gasteiger partial charge in [-0.25, -0.2) is 4.79 Å². The van der Waals surface area contributed by atoms with E-state index in [1.54, 1.807) is 15.9 Å². The number of benzene rings is 2. The number of hydrogen-bond acceptors (Lipinski definition) is 6. The molecule has 0 spiro atoms. The molecule has 2 amide bonds. The highest BCUT2D eigenvalue weighted by atomic mass is 32.1. The van der Waals surface area contributed by atoms with E-state index in [4.69, 9.17) is 9.15 Å². The predicted octanol–water partition coefficient (Wildman–Crippen LogP) is 4.10. The Bertz CT molecular complexity index is 1350. The van der Waals surface area contributed by atoms with E-state index in [0.717, 1.165) is 16.2 Å². The molecule has 0 bridgehead atoms. The molecule has 1 saturated heterocycles. The number of rotatable bonds is 4. The smallest absolute Gasteiger partial charge is 0.375 e. The van der Waals surface area contributed by atoms with Crippen molar-refractivity contribution >= 4 is 50.9 Å². The first-order chi connectivity index (χ1) is 16.0. The predicted molar refractivity (Wildman–Crippen MR) is 126 cm³/mol. The third-order valence-corrected chi connectivity index (χ3v) is 6.85. The number of carbonyl (C=O) groups is 3. The Morgan fingerprint density at radius 2 is 1.70 bits per heavy atom. The maximum absolute atomic E-state index is 12.7. The lowest BCUT2D eigenvalue weighted by atomic mass is 10.1. The number of esters is 1. The van der Waals surface area contributed by atoms with Gasteiger partial charge in [-0.05, 0) is 23.8 Å². The van der Waals surface area contributed by atoms with E-state index in [1.165, 1.54) is 11.3 Å². The SMILES string of the molecule is Cc1c(C(=O)OCC(=O)N2CCN(C(=O)c3cccs3)CC2)oc2c1ccc1ccccc12. The van der Waals surface area contributed by atoms with Crippen LogP contribution in [0.25, 0.3) is 21.7 Å². The Labute approximate surface area is 194 Å². The number of carbonyl (C=O) groups excluding carboxylic acids is 3. The molecule has 5 rings (SSSR count). The molecule has 7 nitrogen and oxygen atoms in total. The van der Waals surface area contributed by atoms with Crippen LogP contribution in [0.3, 0.4) is 0 Å². The Hall–Kier alpha value is -3.65. The van der Waals surface area contributed by atoms with Crippen molar-refractivity contribution in [2.24, 2.45) is 0 Å². The van der Waals surface area contributed by atoms with Gasteiger partial charge in [-0.2, -0.15) is 0 Å². The van der Waals surface area contributed by atoms with Crippen LogP contribution in [-0.2, 0) is 9.53 Å². The van der Waals surface area contributed by atoms with E-state index in [9.17, 15) is 14.4 Å². The fourth-order valence-electron chi connectivity index (χ4n) is 4.14. The Morgan fingerprint density at radius 3 is 2.45 bits per heavy atom. The minimum atomic E-state index is -0.660. The second kappa shape index (κ2) is 8.71. The average Bonchev–Trinajstić information content (AvgIpc) is 3.51. The monoisotopic (exact) mass is 462 g/mol. The van der Waals surface area contributed by atoms with Gasteiger partial charge in [0.05, 0.1) is 4.88 Å². The van der Waals surface area contributed by atoms with Crippen molar-refractivity contribution in [3.8, 4) is 0 Å². The molecule has 1 aliphatic rings. The maximum atomic E-state index is 12.7. The summed E-state index contributed by atoms with van der Waals surface area (Å²) in [5.41, 5.74) is 1.32. The van der Waals surface area contributed by atoms with Crippen LogP contribution in [0.5, 0.6) is 0 Å². The summed E-state index contributed by atoms with van der Waals surface area (Å²) in [6.45, 7) is 3.16. The molecule has 2 aromatic heterocycles. The number of hydrogen-bond donors (Lipinski definition) is 0. The van der Waals surface area contributed by atoms with E-state index in [2.05, 4.69) is 0 Å². The molecule has 0 N–H and O–H groups in total. The first kappa shape index (κ1) is 21.2. The molecular weight excluding hydrogens is 440 g/mol. The minimum absolute atomic E-state index is 0.0172. The van der Waals surface area contributed by atoms with Gasteiger partial charge in [0.1, 0.15) is 5.58 Å². The van der Waals surface area contributed by atoms with Crippen LogP contribution in [0.2, 0.25) is 0 Å². The number of piperazine rings is 1. The second-order valence-corrected chi connectivity index (χ2v) is 8.89. The van der Waals surface area contributed by atoms with Crippen LogP contribution in [0.4, 0.5) is 0 Å². The molecule has 0 aliphatic carbocycles. The number of furan rings is 1. The summed E-state index contributed by atoms with van der Waals surface area (Å²) in [5, 5.41) is 4.65. The van der Waals surface area contributed by atoms with Crippen LogP contribution >= 0.6 is 11.3 Å². The average molecular weight is 463 g/mol. The summed E-state index contributed by atoms with van der Waals surface area (Å²) >= 11 is 1.41. The molecule has 0 saturated carbocycles. The first-order valence-electron chi connectivity index (χ1n) is 10.7. The van der Waals surface area contributed by atoms with Gasteiger partial charge < -0.3 is 19.0 Å². The normalized spacial score (nSPS) is 14.1.